The van der Waals surface area contributed by atoms with E-state index in [4.69, 9.17) is 4.98 Å². The molecule has 1 aromatic rings. The van der Waals surface area contributed by atoms with Gasteiger partial charge in [0.15, 0.2) is 5.16 Å². The van der Waals surface area contributed by atoms with Crippen LogP contribution in [0.5, 0.6) is 0 Å². The zero-order valence-electron chi connectivity index (χ0n) is 13.3. The van der Waals surface area contributed by atoms with Crippen LogP contribution >= 0.6 is 11.8 Å². The maximum atomic E-state index is 12.5. The molecule has 1 aromatic heterocycles. The summed E-state index contributed by atoms with van der Waals surface area (Å²) < 4.78 is 2.30. The quantitative estimate of drug-likeness (QED) is 0.810. The topological polar surface area (TPSA) is 38.1 Å². The molecule has 2 heterocycles. The fraction of sp³-hybridized carbons (Fsp3) is 0.750. The number of rotatable bonds is 6. The minimum Gasteiger partial charge on any atom is -0.339 e. The van der Waals surface area contributed by atoms with Gasteiger partial charge in [0, 0.05) is 24.8 Å². The van der Waals surface area contributed by atoms with E-state index in [1.54, 1.807) is 11.8 Å². The van der Waals surface area contributed by atoms with Crippen LogP contribution in [0.1, 0.15) is 50.4 Å². The predicted molar refractivity (Wildman–Crippen MR) is 85.6 cm³/mol. The van der Waals surface area contributed by atoms with Crippen molar-refractivity contribution in [2.24, 2.45) is 0 Å². The number of hydrogen-bond donors (Lipinski definition) is 0. The molecule has 1 atom stereocenters. The number of thioether (sulfide) groups is 1. The highest BCUT2D eigenvalue weighted by atomic mass is 32.2. The number of nitrogens with zero attached hydrogens (tertiary/aromatic N) is 3. The molecule has 0 bridgehead atoms. The summed E-state index contributed by atoms with van der Waals surface area (Å²) in [5.74, 6) is 0.336. The molecule has 0 radical (unpaired) electrons. The summed E-state index contributed by atoms with van der Waals surface area (Å²) in [6, 6.07) is 0.548. The number of unbranched alkanes of at least 4 members (excludes halogenated alkanes) is 1. The van der Waals surface area contributed by atoms with E-state index in [0.29, 0.717) is 11.9 Å². The summed E-state index contributed by atoms with van der Waals surface area (Å²) in [5, 5.41) is 1.11. The molecule has 1 saturated carbocycles. The molecule has 5 heteroatoms. The van der Waals surface area contributed by atoms with Gasteiger partial charge in [0.05, 0.1) is 10.9 Å². The Morgan fingerprint density at radius 2 is 2.05 bits per heavy atom. The maximum absolute atomic E-state index is 12.5. The van der Waals surface area contributed by atoms with Crippen molar-refractivity contribution >= 4 is 17.7 Å². The van der Waals surface area contributed by atoms with Crippen LogP contribution in [-0.4, -0.2) is 38.2 Å². The summed E-state index contributed by atoms with van der Waals surface area (Å²) in [6.07, 6.45) is 5.72. The van der Waals surface area contributed by atoms with E-state index in [9.17, 15) is 4.79 Å². The van der Waals surface area contributed by atoms with E-state index in [2.05, 4.69) is 30.2 Å². The number of likely N-dealkylation sites (tertiary alicyclic amines) is 1. The Bertz CT molecular complexity index is 536. The second kappa shape index (κ2) is 6.03. The van der Waals surface area contributed by atoms with Crippen molar-refractivity contribution in [3.63, 3.8) is 0 Å². The van der Waals surface area contributed by atoms with Gasteiger partial charge in [-0.3, -0.25) is 4.79 Å². The molecule has 1 amide bonds. The van der Waals surface area contributed by atoms with Gasteiger partial charge in [-0.2, -0.15) is 0 Å². The van der Waals surface area contributed by atoms with Crippen molar-refractivity contribution in [3.05, 3.63) is 11.4 Å². The minimum atomic E-state index is 0.0761. The molecule has 1 aliphatic carbocycles. The zero-order chi connectivity index (χ0) is 15.0. The van der Waals surface area contributed by atoms with Gasteiger partial charge in [-0.15, -0.1) is 0 Å². The largest absolute Gasteiger partial charge is 0.339 e. The lowest BCUT2D eigenvalue weighted by molar-refractivity contribution is -0.127. The first kappa shape index (κ1) is 14.9. The SMILES string of the molecule is CCCCn1c(SC2CCN(C3CC3)C2=O)nc(C)c1C. The lowest BCUT2D eigenvalue weighted by Gasteiger charge is -2.15. The summed E-state index contributed by atoms with van der Waals surface area (Å²) in [6.45, 7) is 8.36. The Hall–Kier alpha value is -0.970. The first-order valence-electron chi connectivity index (χ1n) is 8.12. The highest BCUT2D eigenvalue weighted by Gasteiger charge is 2.41. The third-order valence-electron chi connectivity index (χ3n) is 4.58. The van der Waals surface area contributed by atoms with Gasteiger partial charge in [-0.05, 0) is 39.5 Å². The maximum Gasteiger partial charge on any atom is 0.236 e. The normalized spacial score (nSPS) is 22.3. The van der Waals surface area contributed by atoms with Crippen molar-refractivity contribution < 1.29 is 4.79 Å². The van der Waals surface area contributed by atoms with E-state index < -0.39 is 0 Å². The van der Waals surface area contributed by atoms with Gasteiger partial charge >= 0.3 is 0 Å². The third-order valence-corrected chi connectivity index (χ3v) is 5.83. The number of carbonyl (C=O) groups excluding carboxylic acids is 1. The Labute approximate surface area is 131 Å². The second-order valence-corrected chi connectivity index (χ2v) is 7.40. The van der Waals surface area contributed by atoms with Crippen LogP contribution < -0.4 is 0 Å². The van der Waals surface area contributed by atoms with Gasteiger partial charge in [-0.1, -0.05) is 25.1 Å². The van der Waals surface area contributed by atoms with Gasteiger partial charge in [0.2, 0.25) is 5.91 Å². The molecule has 1 aliphatic heterocycles. The lowest BCUT2D eigenvalue weighted by Crippen LogP contribution is -2.30. The summed E-state index contributed by atoms with van der Waals surface area (Å²) in [7, 11) is 0. The monoisotopic (exact) mass is 307 g/mol. The first-order valence-corrected chi connectivity index (χ1v) is 9.00. The molecular formula is C16H25N3OS. The van der Waals surface area contributed by atoms with E-state index in [1.165, 1.54) is 25.0 Å². The van der Waals surface area contributed by atoms with Crippen LogP contribution in [-0.2, 0) is 11.3 Å². The van der Waals surface area contributed by atoms with Crippen LogP contribution in [0.25, 0.3) is 0 Å². The fourth-order valence-electron chi connectivity index (χ4n) is 2.95. The lowest BCUT2D eigenvalue weighted by atomic mass is 10.3. The van der Waals surface area contributed by atoms with Gasteiger partial charge in [0.25, 0.3) is 0 Å². The minimum absolute atomic E-state index is 0.0761. The molecule has 3 rings (SSSR count). The molecule has 0 spiro atoms. The molecule has 2 fully saturated rings. The van der Waals surface area contributed by atoms with E-state index in [0.717, 1.165) is 36.8 Å². The highest BCUT2D eigenvalue weighted by molar-refractivity contribution is 8.00. The number of amides is 1. The number of hydrogen-bond acceptors (Lipinski definition) is 3. The molecular weight excluding hydrogens is 282 g/mol. The van der Waals surface area contributed by atoms with Crippen LogP contribution in [0.3, 0.4) is 0 Å². The van der Waals surface area contributed by atoms with Crippen molar-refractivity contribution in [2.45, 2.75) is 75.9 Å². The van der Waals surface area contributed by atoms with Crippen LogP contribution in [0.15, 0.2) is 5.16 Å². The Morgan fingerprint density at radius 3 is 2.71 bits per heavy atom. The predicted octanol–water partition coefficient (Wildman–Crippen LogP) is 3.16. The second-order valence-electron chi connectivity index (χ2n) is 6.23. The fourth-order valence-corrected chi connectivity index (χ4v) is 4.21. The summed E-state index contributed by atoms with van der Waals surface area (Å²) in [4.78, 5) is 19.3. The van der Waals surface area contributed by atoms with E-state index in [-0.39, 0.29) is 5.25 Å². The standard InChI is InChI=1S/C16H25N3OS/c1-4-5-9-18-12(3)11(2)17-16(18)21-14-8-10-19(15(14)20)13-6-7-13/h13-14H,4-10H2,1-3H3. The molecule has 0 N–H and O–H groups in total. The average Bonchev–Trinajstić information content (AvgIpc) is 3.19. The van der Waals surface area contributed by atoms with E-state index >= 15 is 0 Å². The average molecular weight is 307 g/mol. The molecule has 1 saturated heterocycles. The Balaban J connectivity index is 1.72. The molecule has 116 valence electrons. The van der Waals surface area contributed by atoms with Crippen molar-refractivity contribution in [1.82, 2.24) is 14.5 Å². The highest BCUT2D eigenvalue weighted by Crippen LogP contribution is 2.37. The van der Waals surface area contributed by atoms with Gasteiger partial charge in [-0.25, -0.2) is 4.98 Å². The number of aromatic nitrogens is 2. The third kappa shape index (κ3) is 2.98. The van der Waals surface area contributed by atoms with Crippen LogP contribution in [0.4, 0.5) is 0 Å². The molecule has 1 unspecified atom stereocenters. The smallest absolute Gasteiger partial charge is 0.236 e. The molecule has 4 nitrogen and oxygen atoms in total. The van der Waals surface area contributed by atoms with Gasteiger partial charge < -0.3 is 9.47 Å². The number of carbonyl (C=O) groups is 1. The summed E-state index contributed by atoms with van der Waals surface area (Å²) in [5.41, 5.74) is 2.34. The first-order chi connectivity index (χ1) is 10.1. The van der Waals surface area contributed by atoms with E-state index in [1.807, 2.05) is 0 Å². The van der Waals surface area contributed by atoms with Crippen LogP contribution in [0, 0.1) is 13.8 Å². The van der Waals surface area contributed by atoms with Gasteiger partial charge in [0.1, 0.15) is 0 Å². The Morgan fingerprint density at radius 1 is 1.29 bits per heavy atom. The number of imidazole rings is 1. The molecule has 0 aromatic carbocycles. The van der Waals surface area contributed by atoms with Crippen molar-refractivity contribution in [3.8, 4) is 0 Å². The summed E-state index contributed by atoms with van der Waals surface area (Å²) >= 11 is 1.68. The van der Waals surface area contributed by atoms with Crippen LogP contribution in [0.2, 0.25) is 0 Å². The van der Waals surface area contributed by atoms with Crippen molar-refractivity contribution in [1.29, 1.82) is 0 Å². The number of aryl methyl sites for hydroxylation is 1. The Kier molecular flexibility index (Phi) is 4.29. The molecule has 2 aliphatic rings. The molecule has 21 heavy (non-hydrogen) atoms. The van der Waals surface area contributed by atoms with Crippen molar-refractivity contribution in [2.75, 3.05) is 6.54 Å². The zero-order valence-corrected chi connectivity index (χ0v) is 14.1.